The number of carbonyl (C=O) groups excluding carboxylic acids is 1. The first-order chi connectivity index (χ1) is 7.32. The van der Waals surface area contributed by atoms with Crippen LogP contribution in [0.5, 0.6) is 0 Å². The lowest BCUT2D eigenvalue weighted by Crippen LogP contribution is -2.10. The predicted octanol–water partition coefficient (Wildman–Crippen LogP) is 2.88. The molecule has 3 N–H and O–H groups in total. The van der Waals surface area contributed by atoms with Gasteiger partial charge >= 0.3 is 3.93 Å². The van der Waals surface area contributed by atoms with Crippen molar-refractivity contribution in [2.45, 2.75) is 3.93 Å². The zero-order chi connectivity index (χ0) is 12.3. The molecule has 0 saturated heterocycles. The maximum atomic E-state index is 13.0. The van der Waals surface area contributed by atoms with E-state index in [4.69, 9.17) is 5.73 Å². The highest BCUT2D eigenvalue weighted by Gasteiger charge is 2.27. The molecule has 0 aromatic heterocycles. The third kappa shape index (κ3) is 3.44. The fourth-order valence-electron chi connectivity index (χ4n) is 1.08. The highest BCUT2D eigenvalue weighted by atomic mass is 127. The van der Waals surface area contributed by atoms with Crippen LogP contribution in [0, 0.1) is 0 Å². The smallest absolute Gasteiger partial charge is 0.321 e. The number of hydrogen-bond donors (Lipinski definition) is 2. The summed E-state index contributed by atoms with van der Waals surface area (Å²) in [5, 5.41) is 2.37. The van der Waals surface area contributed by atoms with Crippen molar-refractivity contribution in [2.75, 3.05) is 11.1 Å². The van der Waals surface area contributed by atoms with Crippen molar-refractivity contribution < 1.29 is 13.6 Å². The van der Waals surface area contributed by atoms with Crippen LogP contribution in [-0.2, 0) is 8.72 Å². The van der Waals surface area contributed by atoms with Crippen LogP contribution >= 0.6 is 22.6 Å². The summed E-state index contributed by atoms with van der Waals surface area (Å²) < 4.78 is 23.0. The Morgan fingerprint density at radius 1 is 1.50 bits per heavy atom. The molecule has 0 aliphatic rings. The molecule has 1 rings (SSSR count). The van der Waals surface area contributed by atoms with Gasteiger partial charge in [-0.25, -0.2) is 0 Å². The number of anilines is 2. The molecule has 0 spiro atoms. The second-order valence-corrected chi connectivity index (χ2v) is 4.39. The van der Waals surface area contributed by atoms with Crippen LogP contribution in [0.25, 0.3) is 0 Å². The summed E-state index contributed by atoms with van der Waals surface area (Å²) in [5.74, 6) is -0.478. The van der Waals surface area contributed by atoms with Crippen molar-refractivity contribution in [3.05, 3.63) is 36.4 Å². The second-order valence-electron chi connectivity index (χ2n) is 3.03. The lowest BCUT2D eigenvalue weighted by Gasteiger charge is -2.12. The SMILES string of the molecule is C=CC(=O)Nc1cc(N)cc(C(F)(F)I)c1. The largest absolute Gasteiger partial charge is 0.399 e. The molecule has 1 aromatic carbocycles. The summed E-state index contributed by atoms with van der Waals surface area (Å²) in [6, 6.07) is 3.73. The summed E-state index contributed by atoms with van der Waals surface area (Å²) in [7, 11) is 0. The maximum Gasteiger partial charge on any atom is 0.321 e. The van der Waals surface area contributed by atoms with E-state index in [2.05, 4.69) is 11.9 Å². The molecule has 1 aromatic rings. The van der Waals surface area contributed by atoms with Gasteiger partial charge in [0, 0.05) is 39.5 Å². The third-order valence-electron chi connectivity index (χ3n) is 1.74. The van der Waals surface area contributed by atoms with Crippen molar-refractivity contribution in [3.63, 3.8) is 0 Å². The molecular formula is C10H9F2IN2O. The van der Waals surface area contributed by atoms with Gasteiger partial charge in [-0.15, -0.1) is 0 Å². The van der Waals surface area contributed by atoms with Gasteiger partial charge in [0.25, 0.3) is 0 Å². The third-order valence-corrected chi connectivity index (χ3v) is 2.36. The normalized spacial score (nSPS) is 10.9. The van der Waals surface area contributed by atoms with Gasteiger partial charge in [0.15, 0.2) is 0 Å². The molecule has 16 heavy (non-hydrogen) atoms. The van der Waals surface area contributed by atoms with Gasteiger partial charge in [0.2, 0.25) is 5.91 Å². The molecule has 0 heterocycles. The first kappa shape index (κ1) is 12.9. The Morgan fingerprint density at radius 3 is 2.62 bits per heavy atom. The van der Waals surface area contributed by atoms with Crippen molar-refractivity contribution in [1.29, 1.82) is 0 Å². The van der Waals surface area contributed by atoms with Crippen LogP contribution < -0.4 is 11.1 Å². The molecule has 1 amide bonds. The predicted molar refractivity (Wildman–Crippen MR) is 67.6 cm³/mol. The van der Waals surface area contributed by atoms with Gasteiger partial charge in [-0.2, -0.15) is 8.78 Å². The fraction of sp³-hybridized carbons (Fsp3) is 0.100. The number of amides is 1. The van der Waals surface area contributed by atoms with Crippen LogP contribution in [0.2, 0.25) is 0 Å². The monoisotopic (exact) mass is 338 g/mol. The second kappa shape index (κ2) is 4.77. The lowest BCUT2D eigenvalue weighted by molar-refractivity contribution is -0.111. The molecule has 0 fully saturated rings. The van der Waals surface area contributed by atoms with Crippen molar-refractivity contribution in [2.24, 2.45) is 0 Å². The summed E-state index contributed by atoms with van der Waals surface area (Å²) in [4.78, 5) is 11.0. The Bertz CT molecular complexity index is 429. The van der Waals surface area contributed by atoms with E-state index in [0.717, 1.165) is 34.7 Å². The summed E-state index contributed by atoms with van der Waals surface area (Å²) in [6.07, 6.45) is 1.05. The van der Waals surface area contributed by atoms with Gasteiger partial charge in [0.1, 0.15) is 0 Å². The van der Waals surface area contributed by atoms with E-state index in [1.165, 1.54) is 12.1 Å². The van der Waals surface area contributed by atoms with E-state index < -0.39 is 9.84 Å². The van der Waals surface area contributed by atoms with E-state index >= 15 is 0 Å². The Labute approximate surface area is 105 Å². The molecule has 0 atom stereocenters. The number of alkyl halides is 3. The number of nitrogens with two attached hydrogens (primary N) is 1. The van der Waals surface area contributed by atoms with Crippen LogP contribution in [0.4, 0.5) is 20.2 Å². The molecule has 0 radical (unpaired) electrons. The molecule has 0 saturated carbocycles. The van der Waals surface area contributed by atoms with Crippen LogP contribution in [0.1, 0.15) is 5.56 Å². The molecule has 86 valence electrons. The van der Waals surface area contributed by atoms with E-state index in [0.29, 0.717) is 0 Å². The average Bonchev–Trinajstić information content (AvgIpc) is 2.15. The minimum Gasteiger partial charge on any atom is -0.399 e. The molecule has 0 unspecified atom stereocenters. The number of hydrogen-bond acceptors (Lipinski definition) is 2. The molecule has 0 bridgehead atoms. The molecule has 3 nitrogen and oxygen atoms in total. The van der Waals surface area contributed by atoms with Crippen LogP contribution in [0.3, 0.4) is 0 Å². The summed E-state index contributed by atoms with van der Waals surface area (Å²) >= 11 is 0.997. The Kier molecular flexibility index (Phi) is 3.84. The molecule has 0 aliphatic carbocycles. The first-order valence-electron chi connectivity index (χ1n) is 4.24. The number of benzene rings is 1. The van der Waals surface area contributed by atoms with Crippen molar-refractivity contribution >= 4 is 39.9 Å². The van der Waals surface area contributed by atoms with Crippen LogP contribution in [0.15, 0.2) is 30.9 Å². The van der Waals surface area contributed by atoms with Crippen molar-refractivity contribution in [1.82, 2.24) is 0 Å². The molecule has 6 heteroatoms. The van der Waals surface area contributed by atoms with Gasteiger partial charge in [0.05, 0.1) is 0 Å². The highest BCUT2D eigenvalue weighted by Crippen LogP contribution is 2.37. The van der Waals surface area contributed by atoms with E-state index in [1.54, 1.807) is 0 Å². The minimum atomic E-state index is -3.03. The number of nitrogens with one attached hydrogen (secondary N) is 1. The standard InChI is InChI=1S/C10H9F2IN2O/c1-2-9(16)15-8-4-6(10(11,12)13)3-7(14)5-8/h2-5H,1,14H2,(H,15,16). The Morgan fingerprint density at radius 2 is 2.12 bits per heavy atom. The topological polar surface area (TPSA) is 55.1 Å². The number of rotatable bonds is 3. The zero-order valence-electron chi connectivity index (χ0n) is 8.14. The van der Waals surface area contributed by atoms with E-state index in [9.17, 15) is 13.6 Å². The van der Waals surface area contributed by atoms with Gasteiger partial charge in [-0.3, -0.25) is 4.79 Å². The minimum absolute atomic E-state index is 0.160. The zero-order valence-corrected chi connectivity index (χ0v) is 10.3. The van der Waals surface area contributed by atoms with E-state index in [-0.39, 0.29) is 16.9 Å². The quantitative estimate of drug-likeness (QED) is 0.385. The van der Waals surface area contributed by atoms with Gasteiger partial charge < -0.3 is 11.1 Å². The number of nitrogen functional groups attached to an aromatic ring is 1. The Balaban J connectivity index is 3.08. The molecule has 0 aliphatic heterocycles. The average molecular weight is 338 g/mol. The van der Waals surface area contributed by atoms with Crippen molar-refractivity contribution in [3.8, 4) is 0 Å². The number of carbonyl (C=O) groups is 1. The number of halogens is 3. The molecular weight excluding hydrogens is 329 g/mol. The summed E-state index contributed by atoms with van der Waals surface area (Å²) in [6.45, 7) is 3.26. The Hall–Kier alpha value is -1.18. The van der Waals surface area contributed by atoms with Crippen LogP contribution in [-0.4, -0.2) is 5.91 Å². The van der Waals surface area contributed by atoms with Gasteiger partial charge in [-0.1, -0.05) is 6.58 Å². The highest BCUT2D eigenvalue weighted by molar-refractivity contribution is 14.1. The van der Waals surface area contributed by atoms with Gasteiger partial charge in [-0.05, 0) is 24.3 Å². The summed E-state index contributed by atoms with van der Waals surface area (Å²) in [5.41, 5.74) is 5.58. The maximum absolute atomic E-state index is 13.0. The first-order valence-corrected chi connectivity index (χ1v) is 5.32. The fourth-order valence-corrected chi connectivity index (χ4v) is 1.39. The van der Waals surface area contributed by atoms with E-state index in [1.807, 2.05) is 0 Å². The lowest BCUT2D eigenvalue weighted by atomic mass is 10.2.